The van der Waals surface area contributed by atoms with Gasteiger partial charge >= 0.3 is 0 Å². The molecular weight excluding hydrogens is 432 g/mol. The Morgan fingerprint density at radius 1 is 0.857 bits per heavy atom. The maximum Gasteiger partial charge on any atom is 0.252 e. The Kier molecular flexibility index (Phi) is 4.81. The standard InChI is InChI=1S/C30H26N4O/c1-29(17-18-29)25-19-32-28-26(33-25)24(27(31)35)20-34(28)30(21-11-5-2-6-12-21,22-13-7-3-8-14-22)23-15-9-4-10-16-23/h2-16,19-20H,17-18H2,1H3,(H2,31,35). The van der Waals surface area contributed by atoms with E-state index in [1.807, 2.05) is 67.0 Å². The molecule has 0 bridgehead atoms. The van der Waals surface area contributed by atoms with Crippen LogP contribution in [-0.4, -0.2) is 20.4 Å². The second-order valence-electron chi connectivity index (χ2n) is 9.57. The number of benzene rings is 3. The van der Waals surface area contributed by atoms with Crippen LogP contribution in [0.15, 0.2) is 103 Å². The first-order valence-corrected chi connectivity index (χ1v) is 11.9. The van der Waals surface area contributed by atoms with Crippen molar-refractivity contribution in [3.8, 4) is 0 Å². The van der Waals surface area contributed by atoms with Crippen LogP contribution in [0.5, 0.6) is 0 Å². The van der Waals surface area contributed by atoms with Crippen molar-refractivity contribution in [3.05, 3.63) is 131 Å². The van der Waals surface area contributed by atoms with E-state index in [0.29, 0.717) is 16.7 Å². The van der Waals surface area contributed by atoms with Gasteiger partial charge in [0.05, 0.1) is 17.5 Å². The molecule has 1 aliphatic rings. The van der Waals surface area contributed by atoms with E-state index in [2.05, 4.69) is 47.9 Å². The van der Waals surface area contributed by atoms with E-state index in [0.717, 1.165) is 35.2 Å². The number of rotatable bonds is 6. The maximum atomic E-state index is 12.7. The van der Waals surface area contributed by atoms with E-state index in [1.54, 1.807) is 0 Å². The molecule has 0 saturated heterocycles. The normalized spacial score (nSPS) is 14.7. The molecule has 0 atom stereocenters. The summed E-state index contributed by atoms with van der Waals surface area (Å²) in [7, 11) is 0. The molecule has 5 heteroatoms. The van der Waals surface area contributed by atoms with Crippen molar-refractivity contribution in [3.63, 3.8) is 0 Å². The zero-order valence-electron chi connectivity index (χ0n) is 19.6. The number of nitrogens with two attached hydrogens (primary N) is 1. The highest BCUT2D eigenvalue weighted by molar-refractivity contribution is 6.04. The van der Waals surface area contributed by atoms with Crippen LogP contribution in [0.1, 0.15) is 52.5 Å². The molecule has 172 valence electrons. The number of amides is 1. The summed E-state index contributed by atoms with van der Waals surface area (Å²) in [6.07, 6.45) is 5.84. The van der Waals surface area contributed by atoms with Gasteiger partial charge in [0.25, 0.3) is 5.91 Å². The molecule has 3 aromatic carbocycles. The number of hydrogen-bond acceptors (Lipinski definition) is 3. The lowest BCUT2D eigenvalue weighted by molar-refractivity contribution is 0.100. The smallest absolute Gasteiger partial charge is 0.252 e. The van der Waals surface area contributed by atoms with Crippen molar-refractivity contribution >= 4 is 17.1 Å². The van der Waals surface area contributed by atoms with Crippen LogP contribution in [0.2, 0.25) is 0 Å². The van der Waals surface area contributed by atoms with Crippen molar-refractivity contribution < 1.29 is 4.79 Å². The van der Waals surface area contributed by atoms with Crippen LogP contribution < -0.4 is 5.73 Å². The quantitative estimate of drug-likeness (QED) is 0.345. The molecule has 0 radical (unpaired) electrons. The van der Waals surface area contributed by atoms with E-state index < -0.39 is 11.4 Å². The van der Waals surface area contributed by atoms with Crippen LogP contribution in [-0.2, 0) is 11.0 Å². The summed E-state index contributed by atoms with van der Waals surface area (Å²) in [5.74, 6) is -0.510. The molecule has 5 nitrogen and oxygen atoms in total. The molecule has 5 aromatic rings. The topological polar surface area (TPSA) is 73.8 Å². The van der Waals surface area contributed by atoms with Crippen molar-refractivity contribution in [2.75, 3.05) is 0 Å². The highest BCUT2D eigenvalue weighted by atomic mass is 16.1. The fourth-order valence-corrected chi connectivity index (χ4v) is 5.12. The first-order valence-electron chi connectivity index (χ1n) is 11.9. The number of carbonyl (C=O) groups is 1. The Balaban J connectivity index is 1.76. The van der Waals surface area contributed by atoms with Crippen LogP contribution in [0.3, 0.4) is 0 Å². The zero-order valence-corrected chi connectivity index (χ0v) is 19.6. The lowest BCUT2D eigenvalue weighted by Gasteiger charge is -2.38. The summed E-state index contributed by atoms with van der Waals surface area (Å²) in [6, 6.07) is 30.9. The first-order chi connectivity index (χ1) is 17.0. The van der Waals surface area contributed by atoms with E-state index >= 15 is 0 Å². The lowest BCUT2D eigenvalue weighted by Crippen LogP contribution is -2.37. The Labute approximate surface area is 204 Å². The number of carbonyl (C=O) groups excluding carboxylic acids is 1. The summed E-state index contributed by atoms with van der Waals surface area (Å²) < 4.78 is 2.08. The first kappa shape index (κ1) is 21.3. The highest BCUT2D eigenvalue weighted by Gasteiger charge is 2.43. The minimum Gasteiger partial charge on any atom is -0.365 e. The number of primary amides is 1. The van der Waals surface area contributed by atoms with Crippen LogP contribution in [0, 0.1) is 0 Å². The minimum atomic E-state index is -0.796. The molecule has 1 saturated carbocycles. The molecule has 6 rings (SSSR count). The molecule has 2 aromatic heterocycles. The summed E-state index contributed by atoms with van der Waals surface area (Å²) in [5, 5.41) is 0. The largest absolute Gasteiger partial charge is 0.365 e. The second-order valence-corrected chi connectivity index (χ2v) is 9.57. The van der Waals surface area contributed by atoms with E-state index in [9.17, 15) is 4.79 Å². The van der Waals surface area contributed by atoms with Crippen molar-refractivity contribution in [1.29, 1.82) is 0 Å². The Morgan fingerprint density at radius 2 is 1.34 bits per heavy atom. The van der Waals surface area contributed by atoms with Gasteiger partial charge in [-0.1, -0.05) is 97.9 Å². The van der Waals surface area contributed by atoms with Gasteiger partial charge in [0.2, 0.25) is 0 Å². The van der Waals surface area contributed by atoms with Gasteiger partial charge in [0.1, 0.15) is 11.1 Å². The monoisotopic (exact) mass is 458 g/mol. The van der Waals surface area contributed by atoms with Gasteiger partial charge in [-0.3, -0.25) is 4.79 Å². The Hall–Kier alpha value is -4.25. The lowest BCUT2D eigenvalue weighted by atomic mass is 9.76. The van der Waals surface area contributed by atoms with E-state index in [4.69, 9.17) is 15.7 Å². The average Bonchev–Trinajstić information content (AvgIpc) is 3.54. The summed E-state index contributed by atoms with van der Waals surface area (Å²) in [6.45, 7) is 2.19. The van der Waals surface area contributed by atoms with Crippen LogP contribution >= 0.6 is 0 Å². The average molecular weight is 459 g/mol. The Morgan fingerprint density at radius 3 is 1.77 bits per heavy atom. The van der Waals surface area contributed by atoms with E-state index in [1.165, 1.54) is 0 Å². The van der Waals surface area contributed by atoms with Crippen molar-refractivity contribution in [2.24, 2.45) is 5.73 Å². The molecule has 1 fully saturated rings. The molecule has 0 unspecified atom stereocenters. The van der Waals surface area contributed by atoms with E-state index in [-0.39, 0.29) is 5.41 Å². The molecule has 1 amide bonds. The van der Waals surface area contributed by atoms with Gasteiger partial charge < -0.3 is 10.3 Å². The molecule has 1 aliphatic carbocycles. The number of fused-ring (bicyclic) bond motifs is 1. The van der Waals surface area contributed by atoms with Crippen LogP contribution in [0.25, 0.3) is 11.2 Å². The number of hydrogen-bond donors (Lipinski definition) is 1. The minimum absolute atomic E-state index is 0.0214. The van der Waals surface area contributed by atoms with Crippen molar-refractivity contribution in [2.45, 2.75) is 30.7 Å². The number of aromatic nitrogens is 3. The summed E-state index contributed by atoms with van der Waals surface area (Å²) in [4.78, 5) is 22.6. The summed E-state index contributed by atoms with van der Waals surface area (Å²) in [5.41, 5.74) is 10.7. The van der Waals surface area contributed by atoms with Gasteiger partial charge in [-0.25, -0.2) is 9.97 Å². The van der Waals surface area contributed by atoms with Crippen molar-refractivity contribution in [1.82, 2.24) is 14.5 Å². The maximum absolute atomic E-state index is 12.7. The molecule has 2 N–H and O–H groups in total. The molecule has 0 aliphatic heterocycles. The van der Waals surface area contributed by atoms with Gasteiger partial charge in [0.15, 0.2) is 5.65 Å². The second kappa shape index (κ2) is 7.91. The van der Waals surface area contributed by atoms with Gasteiger partial charge in [-0.05, 0) is 29.5 Å². The summed E-state index contributed by atoms with van der Waals surface area (Å²) >= 11 is 0. The third kappa shape index (κ3) is 3.27. The van der Waals surface area contributed by atoms with Crippen LogP contribution in [0.4, 0.5) is 0 Å². The molecule has 2 heterocycles. The Bertz CT molecular complexity index is 1420. The predicted molar refractivity (Wildman–Crippen MR) is 137 cm³/mol. The van der Waals surface area contributed by atoms with Gasteiger partial charge in [-0.15, -0.1) is 0 Å². The van der Waals surface area contributed by atoms with Gasteiger partial charge in [-0.2, -0.15) is 0 Å². The fraction of sp³-hybridized carbons (Fsp3) is 0.167. The number of nitrogens with zero attached hydrogens (tertiary/aromatic N) is 3. The highest BCUT2D eigenvalue weighted by Crippen LogP contribution is 2.48. The SMILES string of the molecule is CC1(c2cnc3c(n2)c(C(N)=O)cn3C(c2ccccc2)(c2ccccc2)c2ccccc2)CC1. The molecule has 0 spiro atoms. The zero-order chi connectivity index (χ0) is 24.0. The molecular formula is C30H26N4O. The fourth-order valence-electron chi connectivity index (χ4n) is 5.12. The third-order valence-electron chi connectivity index (χ3n) is 7.31. The molecule has 35 heavy (non-hydrogen) atoms. The van der Waals surface area contributed by atoms with Gasteiger partial charge in [0, 0.05) is 11.6 Å². The third-order valence-corrected chi connectivity index (χ3v) is 7.31. The predicted octanol–water partition coefficient (Wildman–Crippen LogP) is 5.42.